The van der Waals surface area contributed by atoms with Crippen LogP contribution in [0.4, 0.5) is 4.79 Å². The van der Waals surface area contributed by atoms with Gasteiger partial charge in [-0.1, -0.05) is 26.0 Å². The summed E-state index contributed by atoms with van der Waals surface area (Å²) in [5.41, 5.74) is 1.50. The molecule has 0 saturated carbocycles. The number of methoxy groups -OCH3 is 1. The predicted molar refractivity (Wildman–Crippen MR) is 158 cm³/mol. The van der Waals surface area contributed by atoms with Gasteiger partial charge in [-0.3, -0.25) is 9.59 Å². The van der Waals surface area contributed by atoms with E-state index in [1.54, 1.807) is 20.8 Å². The lowest BCUT2D eigenvalue weighted by Crippen LogP contribution is -2.47. The van der Waals surface area contributed by atoms with Crippen molar-refractivity contribution in [3.8, 4) is 5.75 Å². The Morgan fingerprint density at radius 2 is 1.88 bits per heavy atom. The van der Waals surface area contributed by atoms with Gasteiger partial charge in [0.2, 0.25) is 5.91 Å². The van der Waals surface area contributed by atoms with Crippen molar-refractivity contribution < 1.29 is 38.1 Å². The second-order valence-corrected chi connectivity index (χ2v) is 11.9. The normalized spacial score (nSPS) is 18.8. The summed E-state index contributed by atoms with van der Waals surface area (Å²) >= 11 is 0. The molecule has 0 unspecified atom stereocenters. The van der Waals surface area contributed by atoms with Crippen LogP contribution in [0.3, 0.4) is 0 Å². The van der Waals surface area contributed by atoms with Crippen LogP contribution in [0.2, 0.25) is 0 Å². The molecule has 0 aliphatic carbocycles. The van der Waals surface area contributed by atoms with Crippen LogP contribution in [0.5, 0.6) is 5.75 Å². The summed E-state index contributed by atoms with van der Waals surface area (Å²) in [6.07, 6.45) is 1.85. The molecule has 42 heavy (non-hydrogen) atoms. The molecule has 2 heterocycles. The van der Waals surface area contributed by atoms with Crippen LogP contribution in [0.25, 0.3) is 0 Å². The summed E-state index contributed by atoms with van der Waals surface area (Å²) < 4.78 is 21.7. The maximum Gasteiger partial charge on any atom is 0.407 e. The summed E-state index contributed by atoms with van der Waals surface area (Å²) in [6.45, 7) is 10.7. The first kappa shape index (κ1) is 35.1. The topological polar surface area (TPSA) is 132 Å². The molecule has 1 aromatic rings. The van der Waals surface area contributed by atoms with Crippen molar-refractivity contribution in [2.75, 3.05) is 26.8 Å². The molecular weight excluding hydrogens is 566 g/mol. The van der Waals surface area contributed by atoms with Gasteiger partial charge in [0.25, 0.3) is 0 Å². The smallest absolute Gasteiger partial charge is 0.407 e. The summed E-state index contributed by atoms with van der Waals surface area (Å²) in [7, 11) is 1.37. The molecule has 2 aliphatic heterocycles. The molecule has 12 heteroatoms. The van der Waals surface area contributed by atoms with Crippen LogP contribution in [-0.4, -0.2) is 79.4 Å². The Kier molecular flexibility index (Phi) is 13.4. The summed E-state index contributed by atoms with van der Waals surface area (Å²) in [6, 6.07) is 4.74. The monoisotopic (exact) mass is 611 g/mol. The number of fused-ring (bicyclic) bond motifs is 1. The van der Waals surface area contributed by atoms with Gasteiger partial charge in [-0.25, -0.2) is 9.59 Å². The van der Waals surface area contributed by atoms with Gasteiger partial charge in [-0.05, 0) is 57.6 Å². The molecule has 1 aromatic carbocycles. The Bertz CT molecular complexity index is 1090. The Morgan fingerprint density at radius 1 is 1.14 bits per heavy atom. The molecule has 2 N–H and O–H groups in total. The zero-order valence-corrected chi connectivity index (χ0v) is 26.3. The number of nitrogens with zero attached hydrogens (tertiary/aromatic N) is 1. The van der Waals surface area contributed by atoms with Gasteiger partial charge in [-0.15, -0.1) is 12.4 Å². The highest BCUT2D eigenvalue weighted by molar-refractivity contribution is 5.85. The van der Waals surface area contributed by atoms with E-state index in [1.807, 2.05) is 30.9 Å². The summed E-state index contributed by atoms with van der Waals surface area (Å²) in [5, 5.41) is 5.72. The number of carbonyl (C=O) groups excluding carboxylic acids is 4. The zero-order valence-electron chi connectivity index (χ0n) is 25.5. The average Bonchev–Trinajstić information content (AvgIpc) is 3.38. The lowest BCUT2D eigenvalue weighted by molar-refractivity contribution is -0.158. The van der Waals surface area contributed by atoms with Gasteiger partial charge in [0.05, 0.1) is 13.7 Å². The molecule has 11 nitrogen and oxygen atoms in total. The van der Waals surface area contributed by atoms with E-state index in [1.165, 1.54) is 7.11 Å². The highest BCUT2D eigenvalue weighted by atomic mass is 35.5. The van der Waals surface area contributed by atoms with Crippen LogP contribution < -0.4 is 15.4 Å². The van der Waals surface area contributed by atoms with Gasteiger partial charge in [0, 0.05) is 38.0 Å². The Balaban J connectivity index is 0.00000616. The van der Waals surface area contributed by atoms with E-state index < -0.39 is 23.7 Å². The number of carbonyl (C=O) groups is 4. The molecule has 0 radical (unpaired) electrons. The summed E-state index contributed by atoms with van der Waals surface area (Å²) in [4.78, 5) is 51.3. The molecule has 3 atom stereocenters. The fourth-order valence-electron chi connectivity index (χ4n) is 4.90. The molecule has 0 bridgehead atoms. The highest BCUT2D eigenvalue weighted by Crippen LogP contribution is 2.30. The van der Waals surface area contributed by atoms with Crippen molar-refractivity contribution in [1.82, 2.24) is 15.5 Å². The Hall–Kier alpha value is -3.05. The predicted octanol–water partition coefficient (Wildman–Crippen LogP) is 3.54. The lowest BCUT2D eigenvalue weighted by atomic mass is 9.98. The fraction of sp³-hybridized carbons (Fsp3) is 0.667. The second-order valence-electron chi connectivity index (χ2n) is 11.9. The summed E-state index contributed by atoms with van der Waals surface area (Å²) in [5.74, 6) is -0.190. The number of rotatable bonds is 11. The molecule has 236 valence electrons. The van der Waals surface area contributed by atoms with E-state index in [2.05, 4.69) is 16.7 Å². The quantitative estimate of drug-likeness (QED) is 0.219. The van der Waals surface area contributed by atoms with Crippen molar-refractivity contribution in [3.63, 3.8) is 0 Å². The van der Waals surface area contributed by atoms with E-state index in [4.69, 9.17) is 18.9 Å². The second kappa shape index (κ2) is 16.0. The van der Waals surface area contributed by atoms with Crippen molar-refractivity contribution in [2.45, 2.75) is 97.1 Å². The van der Waals surface area contributed by atoms with Gasteiger partial charge in [0.15, 0.2) is 0 Å². The van der Waals surface area contributed by atoms with Crippen LogP contribution in [-0.2, 0) is 41.6 Å². The van der Waals surface area contributed by atoms with E-state index in [9.17, 15) is 19.2 Å². The number of benzene rings is 1. The van der Waals surface area contributed by atoms with Crippen LogP contribution in [0.15, 0.2) is 18.2 Å². The first-order valence-corrected chi connectivity index (χ1v) is 14.4. The number of nitrogens with one attached hydrogen (secondary N) is 2. The standard InChI is InChI=1S/C30H45N3O8.ClH/c1-19(2)26(28(36)41-30(3,4)5)32-29(37)39-15-8-7-12-25(34)33-14-13-20-10-9-11-24(22(20)18-33)40-21-16-23(31-17-21)27(35)38-6;/h9-11,19,21,23,26,31H,7-8,12-18H2,1-6H3,(H,32,37);1H/t21-,23+,26+;/m1./s1. The zero-order chi connectivity index (χ0) is 30.2. The molecule has 1 fully saturated rings. The van der Waals surface area contributed by atoms with Gasteiger partial charge in [-0.2, -0.15) is 0 Å². The van der Waals surface area contributed by atoms with E-state index >= 15 is 0 Å². The van der Waals surface area contributed by atoms with Gasteiger partial charge < -0.3 is 34.5 Å². The minimum absolute atomic E-state index is 0. The number of hydrogen-bond acceptors (Lipinski definition) is 9. The Labute approximate surface area is 254 Å². The number of unbranched alkanes of at least 4 members (excludes halogenated alkanes) is 1. The van der Waals surface area contributed by atoms with Crippen LogP contribution in [0.1, 0.15) is 71.4 Å². The maximum atomic E-state index is 13.0. The van der Waals surface area contributed by atoms with E-state index in [0.717, 1.165) is 23.3 Å². The van der Waals surface area contributed by atoms with E-state index in [0.29, 0.717) is 45.3 Å². The Morgan fingerprint density at radius 3 is 2.55 bits per heavy atom. The fourth-order valence-corrected chi connectivity index (χ4v) is 4.90. The largest absolute Gasteiger partial charge is 0.489 e. The first-order valence-electron chi connectivity index (χ1n) is 14.4. The van der Waals surface area contributed by atoms with Gasteiger partial charge in [0.1, 0.15) is 29.5 Å². The molecule has 2 aliphatic rings. The molecule has 0 spiro atoms. The van der Waals surface area contributed by atoms with Crippen molar-refractivity contribution in [1.29, 1.82) is 0 Å². The molecule has 2 amide bonds. The third-order valence-electron chi connectivity index (χ3n) is 7.07. The maximum absolute atomic E-state index is 13.0. The first-order chi connectivity index (χ1) is 19.4. The number of alkyl carbamates (subject to hydrolysis) is 1. The van der Waals surface area contributed by atoms with Crippen molar-refractivity contribution >= 4 is 36.3 Å². The molecule has 0 aromatic heterocycles. The number of halogens is 1. The molecule has 1 saturated heterocycles. The minimum atomic E-state index is -0.807. The van der Waals surface area contributed by atoms with Crippen molar-refractivity contribution in [3.05, 3.63) is 29.3 Å². The third-order valence-corrected chi connectivity index (χ3v) is 7.07. The highest BCUT2D eigenvalue weighted by Gasteiger charge is 2.33. The third kappa shape index (κ3) is 10.3. The van der Waals surface area contributed by atoms with Crippen molar-refractivity contribution in [2.24, 2.45) is 5.92 Å². The van der Waals surface area contributed by atoms with E-state index in [-0.39, 0.29) is 49.0 Å². The lowest BCUT2D eigenvalue weighted by Gasteiger charge is -2.31. The average molecular weight is 612 g/mol. The SMILES string of the molecule is COC(=O)[C@@H]1C[C@@H](Oc2cccc3c2CN(C(=O)CCCCOC(=O)N[C@H](C(=O)OC(C)(C)C)C(C)C)CC3)CN1.Cl. The molecule has 3 rings (SSSR count). The van der Waals surface area contributed by atoms with Crippen LogP contribution >= 0.6 is 12.4 Å². The number of ether oxygens (including phenoxy) is 4. The number of esters is 2. The number of hydrogen-bond donors (Lipinski definition) is 2. The van der Waals surface area contributed by atoms with Gasteiger partial charge >= 0.3 is 18.0 Å². The van der Waals surface area contributed by atoms with Crippen LogP contribution in [0, 0.1) is 5.92 Å². The molecular formula is C30H46ClN3O8. The minimum Gasteiger partial charge on any atom is -0.489 e. The number of amides is 2.